The highest BCUT2D eigenvalue weighted by Gasteiger charge is 2.29. The molecule has 0 aliphatic heterocycles. The lowest BCUT2D eigenvalue weighted by Gasteiger charge is -2.22. The molecule has 0 N–H and O–H groups in total. The largest absolute Gasteiger partial charge is 0.378 e. The molecule has 0 unspecified atom stereocenters. The molecule has 0 aromatic carbocycles. The minimum Gasteiger partial charge on any atom is -0.378 e. The van der Waals surface area contributed by atoms with Crippen LogP contribution in [-0.2, 0) is 20.4 Å². The number of halogens is 2. The van der Waals surface area contributed by atoms with Crippen molar-refractivity contribution in [3.05, 3.63) is 10.8 Å². The van der Waals surface area contributed by atoms with Gasteiger partial charge in [0.05, 0.1) is 12.6 Å². The summed E-state index contributed by atoms with van der Waals surface area (Å²) in [5.41, 5.74) is 0.271. The zero-order valence-corrected chi connectivity index (χ0v) is 12.9. The Labute approximate surface area is 122 Å². The van der Waals surface area contributed by atoms with Crippen LogP contribution in [0, 0.1) is 0 Å². The van der Waals surface area contributed by atoms with Crippen molar-refractivity contribution in [1.82, 2.24) is 9.78 Å². The van der Waals surface area contributed by atoms with Crippen LogP contribution < -0.4 is 0 Å². The fourth-order valence-electron chi connectivity index (χ4n) is 2.48. The third kappa shape index (κ3) is 3.24. The van der Waals surface area contributed by atoms with Gasteiger partial charge in [0.2, 0.25) is 0 Å². The van der Waals surface area contributed by atoms with Crippen LogP contribution >= 0.6 is 22.3 Å². The van der Waals surface area contributed by atoms with Crippen molar-refractivity contribution < 1.29 is 13.2 Å². The van der Waals surface area contributed by atoms with Crippen molar-refractivity contribution in [2.75, 3.05) is 7.11 Å². The maximum Gasteiger partial charge on any atom is 0.266 e. The van der Waals surface area contributed by atoms with Gasteiger partial charge in [-0.2, -0.15) is 5.10 Å². The number of hydrogen-bond acceptors (Lipinski definition) is 4. The smallest absolute Gasteiger partial charge is 0.266 e. The van der Waals surface area contributed by atoms with Gasteiger partial charge in [0.1, 0.15) is 15.7 Å². The quantitative estimate of drug-likeness (QED) is 0.797. The molecule has 0 radical (unpaired) electrons. The lowest BCUT2D eigenvalue weighted by molar-refractivity contribution is 0.178. The fraction of sp³-hybridized carbons (Fsp3) is 0.727. The highest BCUT2D eigenvalue weighted by Crippen LogP contribution is 2.35. The average molecular weight is 327 g/mol. The second-order valence-electron chi connectivity index (χ2n) is 4.67. The Bertz CT molecular complexity index is 551. The molecule has 19 heavy (non-hydrogen) atoms. The molecule has 0 spiro atoms. The van der Waals surface area contributed by atoms with Gasteiger partial charge in [-0.3, -0.25) is 0 Å². The van der Waals surface area contributed by atoms with Crippen LogP contribution in [0.4, 0.5) is 0 Å². The summed E-state index contributed by atoms with van der Waals surface area (Å²) in [6.07, 6.45) is 5.30. The van der Waals surface area contributed by atoms with E-state index in [1.165, 1.54) is 13.5 Å². The number of ether oxygens (including phenoxy) is 1. The van der Waals surface area contributed by atoms with E-state index in [-0.39, 0.29) is 28.4 Å². The first-order valence-electron chi connectivity index (χ1n) is 6.15. The summed E-state index contributed by atoms with van der Waals surface area (Å²) >= 11 is 6.16. The molecule has 1 aliphatic rings. The standard InChI is InChI=1S/C11H16Cl2N2O3S/c1-18-7-9-10(19(13,16)17)11(12)15(14-9)8-5-3-2-4-6-8/h8H,2-7H2,1H3. The molecule has 1 aromatic heterocycles. The second kappa shape index (κ2) is 5.99. The molecule has 2 rings (SSSR count). The van der Waals surface area contributed by atoms with E-state index in [0.29, 0.717) is 0 Å². The van der Waals surface area contributed by atoms with Crippen molar-refractivity contribution in [2.45, 2.75) is 49.6 Å². The van der Waals surface area contributed by atoms with E-state index in [4.69, 9.17) is 27.0 Å². The van der Waals surface area contributed by atoms with Crippen LogP contribution in [0.3, 0.4) is 0 Å². The number of rotatable bonds is 4. The van der Waals surface area contributed by atoms with Gasteiger partial charge in [-0.25, -0.2) is 13.1 Å². The van der Waals surface area contributed by atoms with Gasteiger partial charge >= 0.3 is 0 Å². The van der Waals surface area contributed by atoms with Crippen LogP contribution in [0.15, 0.2) is 4.90 Å². The first-order chi connectivity index (χ1) is 8.95. The second-order valence-corrected chi connectivity index (χ2v) is 7.53. The van der Waals surface area contributed by atoms with Crippen LogP contribution in [0.5, 0.6) is 0 Å². The summed E-state index contributed by atoms with van der Waals surface area (Å²) in [7, 11) is 2.98. The van der Waals surface area contributed by atoms with Crippen molar-refractivity contribution >= 4 is 31.3 Å². The Morgan fingerprint density at radius 1 is 1.37 bits per heavy atom. The summed E-state index contributed by atoms with van der Waals surface area (Å²) in [5.74, 6) is 0. The summed E-state index contributed by atoms with van der Waals surface area (Å²) in [5, 5.41) is 4.38. The molecule has 0 bridgehead atoms. The van der Waals surface area contributed by atoms with Gasteiger partial charge in [-0.15, -0.1) is 0 Å². The van der Waals surface area contributed by atoms with Gasteiger partial charge in [-0.1, -0.05) is 30.9 Å². The minimum absolute atomic E-state index is 0.0702. The Kier molecular flexibility index (Phi) is 4.76. The highest BCUT2D eigenvalue weighted by molar-refractivity contribution is 8.13. The number of nitrogens with zero attached hydrogens (tertiary/aromatic N) is 2. The molecule has 0 amide bonds. The average Bonchev–Trinajstić information content (AvgIpc) is 2.67. The van der Waals surface area contributed by atoms with E-state index in [9.17, 15) is 8.42 Å². The minimum atomic E-state index is -3.93. The van der Waals surface area contributed by atoms with Gasteiger partial charge in [0.15, 0.2) is 0 Å². The van der Waals surface area contributed by atoms with Crippen molar-refractivity contribution in [3.8, 4) is 0 Å². The molecule has 8 heteroatoms. The zero-order chi connectivity index (χ0) is 14.0. The molecule has 1 fully saturated rings. The van der Waals surface area contributed by atoms with E-state index < -0.39 is 9.05 Å². The lowest BCUT2D eigenvalue weighted by atomic mass is 9.96. The van der Waals surface area contributed by atoms with Gasteiger partial charge in [-0.05, 0) is 12.8 Å². The van der Waals surface area contributed by atoms with E-state index in [1.807, 2.05) is 0 Å². The Balaban J connectivity index is 2.45. The molecule has 0 atom stereocenters. The highest BCUT2D eigenvalue weighted by atomic mass is 35.7. The first kappa shape index (κ1) is 15.1. The van der Waals surface area contributed by atoms with Crippen LogP contribution in [0.2, 0.25) is 5.15 Å². The summed E-state index contributed by atoms with van der Waals surface area (Å²) in [4.78, 5) is -0.122. The van der Waals surface area contributed by atoms with E-state index in [2.05, 4.69) is 5.10 Å². The maximum atomic E-state index is 11.6. The monoisotopic (exact) mass is 326 g/mol. The molecule has 0 saturated heterocycles. The molecule has 1 aliphatic carbocycles. The van der Waals surface area contributed by atoms with Crippen LogP contribution in [0.1, 0.15) is 43.8 Å². The Hall–Kier alpha value is -0.300. The fourth-order valence-corrected chi connectivity index (χ4v) is 4.35. The van der Waals surface area contributed by atoms with Crippen molar-refractivity contribution in [2.24, 2.45) is 0 Å². The molecular formula is C11H16Cl2N2O3S. The Morgan fingerprint density at radius 2 is 2.00 bits per heavy atom. The van der Waals surface area contributed by atoms with E-state index in [0.717, 1.165) is 25.7 Å². The van der Waals surface area contributed by atoms with Gasteiger partial charge < -0.3 is 4.74 Å². The molecule has 1 heterocycles. The SMILES string of the molecule is COCc1nn(C2CCCCC2)c(Cl)c1S(=O)(=O)Cl. The van der Waals surface area contributed by atoms with Crippen molar-refractivity contribution in [3.63, 3.8) is 0 Å². The number of methoxy groups -OCH3 is 1. The van der Waals surface area contributed by atoms with Crippen LogP contribution in [-0.4, -0.2) is 25.3 Å². The van der Waals surface area contributed by atoms with Crippen molar-refractivity contribution in [1.29, 1.82) is 0 Å². The third-order valence-electron chi connectivity index (χ3n) is 3.32. The maximum absolute atomic E-state index is 11.6. The first-order valence-corrected chi connectivity index (χ1v) is 8.84. The van der Waals surface area contributed by atoms with E-state index >= 15 is 0 Å². The molecule has 1 aromatic rings. The van der Waals surface area contributed by atoms with Crippen LogP contribution in [0.25, 0.3) is 0 Å². The topological polar surface area (TPSA) is 61.2 Å². The molecule has 108 valence electrons. The molecule has 1 saturated carbocycles. The zero-order valence-electron chi connectivity index (χ0n) is 10.6. The normalized spacial score (nSPS) is 17.8. The lowest BCUT2D eigenvalue weighted by Crippen LogP contribution is -2.14. The third-order valence-corrected chi connectivity index (χ3v) is 5.18. The number of aromatic nitrogens is 2. The summed E-state index contributed by atoms with van der Waals surface area (Å²) in [6, 6.07) is 0.143. The predicted octanol–water partition coefficient (Wildman–Crippen LogP) is 3.12. The predicted molar refractivity (Wildman–Crippen MR) is 73.1 cm³/mol. The summed E-state index contributed by atoms with van der Waals surface area (Å²) in [6.45, 7) is 0.0702. The van der Waals surface area contributed by atoms with Gasteiger partial charge in [0, 0.05) is 17.8 Å². The summed E-state index contributed by atoms with van der Waals surface area (Å²) < 4.78 is 29.8. The Morgan fingerprint density at radius 3 is 2.53 bits per heavy atom. The molecular weight excluding hydrogens is 311 g/mol. The van der Waals surface area contributed by atoms with E-state index in [1.54, 1.807) is 4.68 Å². The molecule has 5 nitrogen and oxygen atoms in total. The van der Waals surface area contributed by atoms with Gasteiger partial charge in [0.25, 0.3) is 9.05 Å². The number of hydrogen-bond donors (Lipinski definition) is 0.